The Morgan fingerprint density at radius 3 is 2.54 bits per heavy atom. The van der Waals surface area contributed by atoms with Gasteiger partial charge in [0.2, 0.25) is 0 Å². The summed E-state index contributed by atoms with van der Waals surface area (Å²) >= 11 is 1.67. The Hall–Kier alpha value is -2.43. The number of phenolic OH excluding ortho intramolecular Hbond substituents is 1. The van der Waals surface area contributed by atoms with Gasteiger partial charge in [-0.25, -0.2) is 0 Å². The van der Waals surface area contributed by atoms with Crippen molar-refractivity contribution in [1.82, 2.24) is 9.88 Å². The Bertz CT molecular complexity index is 1070. The van der Waals surface area contributed by atoms with Crippen LogP contribution in [0, 0.1) is 0 Å². The van der Waals surface area contributed by atoms with Crippen LogP contribution in [0.4, 0.5) is 0 Å². The third kappa shape index (κ3) is 2.75. The summed E-state index contributed by atoms with van der Waals surface area (Å²) in [5, 5.41) is 14.9. The summed E-state index contributed by atoms with van der Waals surface area (Å²) in [5.74, 6) is 0.297. The van der Waals surface area contributed by atoms with Crippen molar-refractivity contribution in [3.63, 3.8) is 0 Å². The first-order valence-corrected chi connectivity index (χ1v) is 9.72. The second-order valence-electron chi connectivity index (χ2n) is 6.82. The first-order valence-electron chi connectivity index (χ1n) is 8.84. The van der Waals surface area contributed by atoms with E-state index in [1.807, 2.05) is 12.3 Å². The predicted octanol–water partition coefficient (Wildman–Crippen LogP) is 5.83. The van der Waals surface area contributed by atoms with E-state index in [-0.39, 0.29) is 0 Å². The van der Waals surface area contributed by atoms with Crippen molar-refractivity contribution in [3.05, 3.63) is 59.6 Å². The van der Waals surface area contributed by atoms with Crippen LogP contribution in [-0.4, -0.2) is 29.1 Å². The van der Waals surface area contributed by atoms with Gasteiger partial charge in [-0.1, -0.05) is 31.2 Å². The summed E-state index contributed by atoms with van der Waals surface area (Å²) in [6.07, 6.45) is 2.97. The summed E-state index contributed by atoms with van der Waals surface area (Å²) in [6.45, 7) is 2.20. The predicted molar refractivity (Wildman–Crippen MR) is 111 cm³/mol. The zero-order valence-electron chi connectivity index (χ0n) is 15.2. The van der Waals surface area contributed by atoms with Gasteiger partial charge in [-0.05, 0) is 55.2 Å². The van der Waals surface area contributed by atoms with Crippen LogP contribution in [0.5, 0.6) is 5.75 Å². The maximum Gasteiger partial charge on any atom is 0.124 e. The van der Waals surface area contributed by atoms with Gasteiger partial charge in [0, 0.05) is 28.6 Å². The summed E-state index contributed by atoms with van der Waals surface area (Å²) in [4.78, 5) is 6.82. The Labute approximate surface area is 157 Å². The zero-order chi connectivity index (χ0) is 18.3. The largest absolute Gasteiger partial charge is 0.507 e. The Morgan fingerprint density at radius 1 is 1.08 bits per heavy atom. The van der Waals surface area contributed by atoms with E-state index in [0.717, 1.165) is 38.5 Å². The van der Waals surface area contributed by atoms with E-state index in [1.165, 1.54) is 5.56 Å². The highest BCUT2D eigenvalue weighted by Crippen LogP contribution is 2.40. The molecule has 0 spiro atoms. The molecule has 2 aromatic carbocycles. The maximum absolute atomic E-state index is 10.6. The lowest BCUT2D eigenvalue weighted by atomic mass is 9.95. The average Bonchev–Trinajstić information content (AvgIpc) is 3.12. The summed E-state index contributed by atoms with van der Waals surface area (Å²) < 4.78 is 1.14. The molecule has 0 amide bonds. The quantitative estimate of drug-likeness (QED) is 0.496. The number of hydrogen-bond acceptors (Lipinski definition) is 4. The molecule has 2 heterocycles. The molecule has 1 atom stereocenters. The normalized spacial score (nSPS) is 12.9. The molecule has 0 bridgehead atoms. The molecule has 4 heteroatoms. The van der Waals surface area contributed by atoms with Crippen molar-refractivity contribution >= 4 is 32.3 Å². The SMILES string of the molecule is CC[C@@H](c1ccc(-c2c(O)ccc3ncc4sccc4c23)cc1)N(C)C. The molecule has 1 N–H and O–H groups in total. The zero-order valence-corrected chi connectivity index (χ0v) is 16.0. The van der Waals surface area contributed by atoms with Crippen LogP contribution in [0.3, 0.4) is 0 Å². The van der Waals surface area contributed by atoms with Crippen molar-refractivity contribution in [2.45, 2.75) is 19.4 Å². The molecule has 0 saturated heterocycles. The van der Waals surface area contributed by atoms with Crippen LogP contribution in [0.15, 0.2) is 54.0 Å². The molecule has 4 rings (SSSR count). The molecule has 26 heavy (non-hydrogen) atoms. The molecule has 4 aromatic rings. The number of fused-ring (bicyclic) bond motifs is 3. The van der Waals surface area contributed by atoms with Crippen LogP contribution in [-0.2, 0) is 0 Å². The van der Waals surface area contributed by atoms with Crippen LogP contribution in [0.1, 0.15) is 24.9 Å². The van der Waals surface area contributed by atoms with Crippen LogP contribution in [0.25, 0.3) is 32.1 Å². The van der Waals surface area contributed by atoms with Gasteiger partial charge in [-0.3, -0.25) is 4.98 Å². The molecule has 0 aliphatic heterocycles. The first-order chi connectivity index (χ1) is 12.6. The van der Waals surface area contributed by atoms with Gasteiger partial charge in [0.15, 0.2) is 0 Å². The molecule has 0 radical (unpaired) electrons. The minimum Gasteiger partial charge on any atom is -0.507 e. The Balaban J connectivity index is 1.91. The van der Waals surface area contributed by atoms with Gasteiger partial charge < -0.3 is 10.0 Å². The average molecular weight is 362 g/mol. The van der Waals surface area contributed by atoms with Gasteiger partial charge in [0.1, 0.15) is 5.75 Å². The van der Waals surface area contributed by atoms with Crippen molar-refractivity contribution in [2.75, 3.05) is 14.1 Å². The summed E-state index contributed by atoms with van der Waals surface area (Å²) in [7, 11) is 4.22. The number of aromatic nitrogens is 1. The van der Waals surface area contributed by atoms with E-state index >= 15 is 0 Å². The highest BCUT2D eigenvalue weighted by atomic mass is 32.1. The molecule has 0 saturated carbocycles. The van der Waals surface area contributed by atoms with Gasteiger partial charge in [-0.2, -0.15) is 0 Å². The van der Waals surface area contributed by atoms with E-state index in [1.54, 1.807) is 17.4 Å². The van der Waals surface area contributed by atoms with Gasteiger partial charge in [-0.15, -0.1) is 11.3 Å². The molecule has 0 unspecified atom stereocenters. The molecule has 0 aliphatic rings. The summed E-state index contributed by atoms with van der Waals surface area (Å²) in [6, 6.07) is 14.7. The number of phenols is 1. The molecule has 132 valence electrons. The second-order valence-corrected chi connectivity index (χ2v) is 7.77. The lowest BCUT2D eigenvalue weighted by Gasteiger charge is -2.23. The van der Waals surface area contributed by atoms with E-state index in [4.69, 9.17) is 0 Å². The van der Waals surface area contributed by atoms with Crippen molar-refractivity contribution < 1.29 is 5.11 Å². The third-order valence-corrected chi connectivity index (χ3v) is 5.89. The number of rotatable bonds is 4. The van der Waals surface area contributed by atoms with Crippen molar-refractivity contribution in [3.8, 4) is 16.9 Å². The topological polar surface area (TPSA) is 36.4 Å². The molecule has 2 aromatic heterocycles. The van der Waals surface area contributed by atoms with Crippen LogP contribution < -0.4 is 0 Å². The minimum atomic E-state index is 0.297. The molecule has 0 aliphatic carbocycles. The Morgan fingerprint density at radius 2 is 1.85 bits per heavy atom. The van der Waals surface area contributed by atoms with E-state index in [9.17, 15) is 5.11 Å². The smallest absolute Gasteiger partial charge is 0.124 e. The number of hydrogen-bond donors (Lipinski definition) is 1. The highest BCUT2D eigenvalue weighted by molar-refractivity contribution is 7.17. The number of benzene rings is 2. The van der Waals surface area contributed by atoms with Crippen molar-refractivity contribution in [1.29, 1.82) is 0 Å². The monoisotopic (exact) mass is 362 g/mol. The lowest BCUT2D eigenvalue weighted by Crippen LogP contribution is -2.18. The van der Waals surface area contributed by atoms with E-state index in [0.29, 0.717) is 11.8 Å². The molecular weight excluding hydrogens is 340 g/mol. The third-order valence-electron chi connectivity index (χ3n) is 5.04. The molecule has 0 fully saturated rings. The second kappa shape index (κ2) is 6.71. The van der Waals surface area contributed by atoms with E-state index in [2.05, 4.69) is 66.6 Å². The van der Waals surface area contributed by atoms with Gasteiger partial charge >= 0.3 is 0 Å². The number of thiophene rings is 1. The van der Waals surface area contributed by atoms with E-state index < -0.39 is 0 Å². The number of aromatic hydroxyl groups is 1. The highest BCUT2D eigenvalue weighted by Gasteiger charge is 2.16. The maximum atomic E-state index is 10.6. The Kier molecular flexibility index (Phi) is 4.39. The number of pyridine rings is 1. The standard InChI is InChI=1S/C22H22N2OS/c1-4-18(24(2)3)14-5-7-15(8-6-14)21-19(25)10-9-17-22(21)16-11-12-26-20(16)13-23-17/h5-13,18,25H,4H2,1-3H3/t18-/m0/s1. The number of nitrogens with zero attached hydrogens (tertiary/aromatic N) is 2. The van der Waals surface area contributed by atoms with Gasteiger partial charge in [0.25, 0.3) is 0 Å². The van der Waals surface area contributed by atoms with Crippen LogP contribution >= 0.6 is 11.3 Å². The fourth-order valence-corrected chi connectivity index (χ4v) is 4.54. The minimum absolute atomic E-state index is 0.297. The molecule has 3 nitrogen and oxygen atoms in total. The fourth-order valence-electron chi connectivity index (χ4n) is 3.78. The van der Waals surface area contributed by atoms with Crippen LogP contribution in [0.2, 0.25) is 0 Å². The molecular formula is C22H22N2OS. The van der Waals surface area contributed by atoms with Crippen molar-refractivity contribution in [2.24, 2.45) is 0 Å². The first kappa shape index (κ1) is 17.0. The lowest BCUT2D eigenvalue weighted by molar-refractivity contribution is 0.292. The fraction of sp³-hybridized carbons (Fsp3) is 0.227. The van der Waals surface area contributed by atoms with Gasteiger partial charge in [0.05, 0.1) is 10.2 Å². The summed E-state index contributed by atoms with van der Waals surface area (Å²) in [5.41, 5.74) is 4.08.